The van der Waals surface area contributed by atoms with Gasteiger partial charge in [-0.15, -0.1) is 0 Å². The van der Waals surface area contributed by atoms with Crippen molar-refractivity contribution in [1.29, 1.82) is 0 Å². The molecule has 8 aromatic rings. The van der Waals surface area contributed by atoms with Crippen molar-refractivity contribution >= 4 is 56.1 Å². The van der Waals surface area contributed by atoms with E-state index in [4.69, 9.17) is 4.42 Å². The minimum Gasteiger partial charge on any atom is -0.456 e. The number of hydrogen-bond donors (Lipinski definition) is 0. The maximum atomic E-state index is 6.44. The van der Waals surface area contributed by atoms with Crippen LogP contribution in [0.5, 0.6) is 0 Å². The molecule has 0 radical (unpaired) electrons. The zero-order chi connectivity index (χ0) is 33.1. The zero-order valence-electron chi connectivity index (χ0n) is 27.8. The Bertz CT molecular complexity index is 2460. The number of aryl methyl sites for hydroxylation is 2. The normalized spacial score (nSPS) is 16.2. The molecule has 10 rings (SSSR count). The monoisotopic (exact) mass is 644 g/mol. The van der Waals surface area contributed by atoms with Crippen LogP contribution in [0.2, 0.25) is 0 Å². The van der Waals surface area contributed by atoms with E-state index in [1.807, 2.05) is 6.07 Å². The number of anilines is 6. The third-order valence-electron chi connectivity index (χ3n) is 11.0. The summed E-state index contributed by atoms with van der Waals surface area (Å²) in [7, 11) is 0. The summed E-state index contributed by atoms with van der Waals surface area (Å²) in [6.07, 6.45) is 4.29. The van der Waals surface area contributed by atoms with Crippen molar-refractivity contribution in [2.24, 2.45) is 0 Å². The van der Waals surface area contributed by atoms with Gasteiger partial charge in [0.25, 0.3) is 0 Å². The first-order valence-corrected chi connectivity index (χ1v) is 17.7. The van der Waals surface area contributed by atoms with Gasteiger partial charge in [-0.2, -0.15) is 0 Å². The van der Waals surface area contributed by atoms with Gasteiger partial charge in [-0.05, 0) is 115 Å². The number of hydrogen-bond acceptors (Lipinski definition) is 3. The molecule has 2 aliphatic carbocycles. The molecule has 50 heavy (non-hydrogen) atoms. The molecule has 1 atom stereocenters. The predicted molar refractivity (Wildman–Crippen MR) is 207 cm³/mol. The van der Waals surface area contributed by atoms with Gasteiger partial charge in [0.1, 0.15) is 11.2 Å². The molecule has 3 heteroatoms. The molecule has 3 nitrogen and oxygen atoms in total. The predicted octanol–water partition coefficient (Wildman–Crippen LogP) is 12.7. The highest BCUT2D eigenvalue weighted by Crippen LogP contribution is 2.59. The number of para-hydroxylation sites is 4. The molecule has 0 saturated carbocycles. The largest absolute Gasteiger partial charge is 0.456 e. The third kappa shape index (κ3) is 4.43. The minimum absolute atomic E-state index is 0.129. The second-order valence-electron chi connectivity index (χ2n) is 13.7. The first kappa shape index (κ1) is 28.9. The van der Waals surface area contributed by atoms with Gasteiger partial charge in [0.05, 0.1) is 11.4 Å². The van der Waals surface area contributed by atoms with Crippen LogP contribution in [-0.2, 0) is 18.3 Å². The van der Waals surface area contributed by atoms with E-state index in [1.54, 1.807) is 0 Å². The minimum atomic E-state index is -0.129. The van der Waals surface area contributed by atoms with Crippen LogP contribution in [0.3, 0.4) is 0 Å². The van der Waals surface area contributed by atoms with Crippen LogP contribution in [0, 0.1) is 0 Å². The van der Waals surface area contributed by atoms with E-state index in [-0.39, 0.29) is 5.41 Å². The summed E-state index contributed by atoms with van der Waals surface area (Å²) in [6, 6.07) is 61.5. The Morgan fingerprint density at radius 3 is 1.44 bits per heavy atom. The highest BCUT2D eigenvalue weighted by atomic mass is 16.3. The fraction of sp³-hybridized carbons (Fsp3) is 0.106. The molecule has 0 N–H and O–H groups in total. The summed E-state index contributed by atoms with van der Waals surface area (Å²) in [4.78, 5) is 4.93. The van der Waals surface area contributed by atoms with Crippen molar-refractivity contribution in [3.8, 4) is 0 Å². The lowest BCUT2D eigenvalue weighted by Gasteiger charge is -2.37. The number of fused-ring (bicyclic) bond motifs is 7. The Balaban J connectivity index is 1.20. The van der Waals surface area contributed by atoms with Gasteiger partial charge in [-0.25, -0.2) is 0 Å². The third-order valence-corrected chi connectivity index (χ3v) is 11.0. The number of furan rings is 1. The van der Waals surface area contributed by atoms with Crippen molar-refractivity contribution in [3.63, 3.8) is 0 Å². The van der Waals surface area contributed by atoms with E-state index in [2.05, 4.69) is 174 Å². The van der Waals surface area contributed by atoms with Crippen LogP contribution in [0.15, 0.2) is 174 Å². The fourth-order valence-corrected chi connectivity index (χ4v) is 8.95. The van der Waals surface area contributed by atoms with Gasteiger partial charge < -0.3 is 14.2 Å². The summed E-state index contributed by atoms with van der Waals surface area (Å²) in [5.74, 6) is 0. The summed E-state index contributed by atoms with van der Waals surface area (Å²) in [5, 5.41) is 2.29. The Kier molecular flexibility index (Phi) is 6.67. The first-order chi connectivity index (χ1) is 24.8. The van der Waals surface area contributed by atoms with E-state index in [0.717, 1.165) is 59.0 Å². The maximum Gasteiger partial charge on any atom is 0.137 e. The molecule has 0 bridgehead atoms. The number of benzene rings is 7. The van der Waals surface area contributed by atoms with Crippen LogP contribution in [-0.4, -0.2) is 0 Å². The van der Waals surface area contributed by atoms with Gasteiger partial charge in [-0.1, -0.05) is 97.1 Å². The topological polar surface area (TPSA) is 19.6 Å². The van der Waals surface area contributed by atoms with Gasteiger partial charge in [0.15, 0.2) is 0 Å². The molecule has 0 fully saturated rings. The summed E-state index contributed by atoms with van der Waals surface area (Å²) >= 11 is 0. The molecular weight excluding hydrogens is 609 g/mol. The van der Waals surface area contributed by atoms with E-state index in [0.29, 0.717) is 0 Å². The summed E-state index contributed by atoms with van der Waals surface area (Å²) in [5.41, 5.74) is 14.6. The Morgan fingerprint density at radius 2 is 0.880 bits per heavy atom. The smallest absolute Gasteiger partial charge is 0.137 e. The van der Waals surface area contributed by atoms with Crippen molar-refractivity contribution in [3.05, 3.63) is 192 Å². The molecule has 0 unspecified atom stereocenters. The van der Waals surface area contributed by atoms with Gasteiger partial charge in [-0.3, -0.25) is 0 Å². The van der Waals surface area contributed by atoms with E-state index >= 15 is 0 Å². The molecule has 240 valence electrons. The van der Waals surface area contributed by atoms with Crippen molar-refractivity contribution in [2.45, 2.75) is 31.1 Å². The lowest BCUT2D eigenvalue weighted by molar-refractivity contribution is 0.508. The van der Waals surface area contributed by atoms with Gasteiger partial charge >= 0.3 is 0 Å². The standard InChI is InChI=1S/C47H36N2O/c1-4-16-35(17-5-1)48(36-18-6-2-7-19-36)41-23-12-14-33-28-30-47(45(33)41)31-29-34-15-13-24-42(46(34)47)49(37-20-8-3-9-21-37)38-26-27-40-39-22-10-11-25-43(39)50-44(40)32-38/h1-27,32H,28-31H2/t47-/m1/s1. The highest BCUT2D eigenvalue weighted by molar-refractivity contribution is 6.06. The number of rotatable bonds is 6. The quantitative estimate of drug-likeness (QED) is 0.180. The average molecular weight is 645 g/mol. The molecule has 0 aliphatic heterocycles. The molecule has 1 spiro atoms. The van der Waals surface area contributed by atoms with Gasteiger partial charge in [0, 0.05) is 45.0 Å². The van der Waals surface area contributed by atoms with E-state index in [1.165, 1.54) is 45.0 Å². The van der Waals surface area contributed by atoms with Crippen molar-refractivity contribution in [2.75, 3.05) is 9.80 Å². The Labute approximate surface area is 292 Å². The van der Waals surface area contributed by atoms with Crippen LogP contribution in [0.4, 0.5) is 34.1 Å². The molecule has 1 heterocycles. The van der Waals surface area contributed by atoms with Gasteiger partial charge in [0.2, 0.25) is 0 Å². The lowest BCUT2D eigenvalue weighted by Crippen LogP contribution is -2.27. The summed E-state index contributed by atoms with van der Waals surface area (Å²) < 4.78 is 6.44. The van der Waals surface area contributed by atoms with Crippen LogP contribution < -0.4 is 9.80 Å². The zero-order valence-corrected chi connectivity index (χ0v) is 27.8. The number of nitrogens with zero attached hydrogens (tertiary/aromatic N) is 2. The molecule has 2 aliphatic rings. The van der Waals surface area contributed by atoms with E-state index < -0.39 is 0 Å². The average Bonchev–Trinajstić information content (AvgIpc) is 3.87. The molecular formula is C47H36N2O. The fourth-order valence-electron chi connectivity index (χ4n) is 8.95. The Morgan fingerprint density at radius 1 is 0.400 bits per heavy atom. The van der Waals surface area contributed by atoms with Crippen LogP contribution in [0.25, 0.3) is 21.9 Å². The SMILES string of the molecule is c1ccc(N(c2ccccc2)c2cccc3c2[C@@]2(CC3)CCc3cccc(N(c4ccccc4)c4ccc5c(c4)oc4ccccc45)c32)cc1. The first-order valence-electron chi connectivity index (χ1n) is 17.7. The Hall–Kier alpha value is -6.06. The molecule has 1 aromatic heterocycles. The molecule has 7 aromatic carbocycles. The second-order valence-corrected chi connectivity index (χ2v) is 13.7. The molecule has 0 amide bonds. The lowest BCUT2D eigenvalue weighted by atomic mass is 9.74. The van der Waals surface area contributed by atoms with Crippen LogP contribution >= 0.6 is 0 Å². The second kappa shape index (κ2) is 11.5. The van der Waals surface area contributed by atoms with Crippen LogP contribution in [0.1, 0.15) is 35.1 Å². The van der Waals surface area contributed by atoms with E-state index in [9.17, 15) is 0 Å². The highest BCUT2D eigenvalue weighted by Gasteiger charge is 2.49. The van der Waals surface area contributed by atoms with Crippen molar-refractivity contribution in [1.82, 2.24) is 0 Å². The van der Waals surface area contributed by atoms with Crippen molar-refractivity contribution < 1.29 is 4.42 Å². The maximum absolute atomic E-state index is 6.44. The summed E-state index contributed by atoms with van der Waals surface area (Å²) in [6.45, 7) is 0. The molecule has 0 saturated heterocycles.